The van der Waals surface area contributed by atoms with Crippen LogP contribution >= 0.6 is 0 Å². The summed E-state index contributed by atoms with van der Waals surface area (Å²) in [6, 6.07) is 6.70. The molecule has 0 bridgehead atoms. The van der Waals surface area contributed by atoms with Gasteiger partial charge in [0.05, 0.1) is 0 Å². The Kier molecular flexibility index (Phi) is 2.16. The molecule has 0 aliphatic rings. The summed E-state index contributed by atoms with van der Waals surface area (Å²) in [7, 11) is 0. The molecule has 0 fully saturated rings. The number of alkyl halides is 3. The van der Waals surface area contributed by atoms with Crippen molar-refractivity contribution < 1.29 is 13.2 Å². The maximum Gasteiger partial charge on any atom is 0.491 e. The normalized spacial score (nSPS) is 12.2. The first-order chi connectivity index (χ1) is 8.55. The molecule has 0 aliphatic carbocycles. The average Bonchev–Trinajstić information content (AvgIpc) is 2.96. The maximum absolute atomic E-state index is 12.7. The van der Waals surface area contributed by atoms with Gasteiger partial charge in [0.2, 0.25) is 0 Å². The first-order valence-electron chi connectivity index (χ1n) is 5.10. The van der Waals surface area contributed by atoms with Crippen molar-refractivity contribution in [3.63, 3.8) is 0 Å². The van der Waals surface area contributed by atoms with Crippen molar-refractivity contribution in [1.82, 2.24) is 19.7 Å². The lowest BCUT2D eigenvalue weighted by molar-refractivity contribution is -0.202. The van der Waals surface area contributed by atoms with Crippen LogP contribution in [0.2, 0.25) is 0 Å². The van der Waals surface area contributed by atoms with E-state index in [-0.39, 0.29) is 10.4 Å². The summed E-state index contributed by atoms with van der Waals surface area (Å²) >= 11 is 0. The van der Waals surface area contributed by atoms with Crippen LogP contribution in [-0.4, -0.2) is 19.7 Å². The predicted molar refractivity (Wildman–Crippen MR) is 58.6 cm³/mol. The Balaban J connectivity index is 2.17. The van der Waals surface area contributed by atoms with Gasteiger partial charge < -0.3 is 4.98 Å². The minimum Gasteiger partial charge on any atom is -0.361 e. The zero-order valence-electron chi connectivity index (χ0n) is 8.94. The number of nitrogens with zero attached hydrogens (tertiary/aromatic N) is 3. The Labute approximate surface area is 99.1 Å². The third kappa shape index (κ3) is 1.64. The molecule has 1 N–H and O–H groups in total. The molecule has 92 valence electrons. The van der Waals surface area contributed by atoms with E-state index in [0.717, 1.165) is 10.9 Å². The molecule has 0 aliphatic heterocycles. The van der Waals surface area contributed by atoms with Crippen molar-refractivity contribution in [2.45, 2.75) is 6.30 Å². The Morgan fingerprint density at radius 3 is 2.78 bits per heavy atom. The minimum atomic E-state index is -4.52. The molecular weight excluding hydrogens is 245 g/mol. The van der Waals surface area contributed by atoms with Crippen LogP contribution in [0.1, 0.15) is 0 Å². The first kappa shape index (κ1) is 10.8. The molecule has 0 spiro atoms. The van der Waals surface area contributed by atoms with Gasteiger partial charge in [-0.2, -0.15) is 0 Å². The predicted octanol–water partition coefficient (Wildman–Crippen LogP) is 2.90. The SMILES string of the molecule is FC(F)(F)n1cnnc1-c1ccc2[nH]ccc2c1. The second kappa shape index (κ2) is 3.59. The minimum absolute atomic E-state index is 0.0980. The van der Waals surface area contributed by atoms with Gasteiger partial charge in [0.1, 0.15) is 6.33 Å². The number of fused-ring (bicyclic) bond motifs is 1. The molecule has 0 radical (unpaired) electrons. The Morgan fingerprint density at radius 2 is 2.00 bits per heavy atom. The number of hydrogen-bond donors (Lipinski definition) is 1. The van der Waals surface area contributed by atoms with E-state index in [1.165, 1.54) is 0 Å². The molecule has 7 heteroatoms. The van der Waals surface area contributed by atoms with Crippen molar-refractivity contribution >= 4 is 10.9 Å². The number of H-pyrrole nitrogens is 1. The van der Waals surface area contributed by atoms with Crippen LogP contribution in [0.4, 0.5) is 13.2 Å². The van der Waals surface area contributed by atoms with Gasteiger partial charge in [-0.05, 0) is 24.3 Å². The molecule has 3 aromatic rings. The van der Waals surface area contributed by atoms with Crippen molar-refractivity contribution in [2.24, 2.45) is 0 Å². The van der Waals surface area contributed by atoms with Gasteiger partial charge in [0.25, 0.3) is 0 Å². The number of benzene rings is 1. The number of aromatic amines is 1. The van der Waals surface area contributed by atoms with Crippen LogP contribution in [0.5, 0.6) is 0 Å². The van der Waals surface area contributed by atoms with E-state index >= 15 is 0 Å². The second-order valence-corrected chi connectivity index (χ2v) is 3.77. The highest BCUT2D eigenvalue weighted by atomic mass is 19.4. The molecule has 1 aromatic carbocycles. The van der Waals surface area contributed by atoms with Crippen LogP contribution in [0.3, 0.4) is 0 Å². The fourth-order valence-electron chi connectivity index (χ4n) is 1.81. The lowest BCUT2D eigenvalue weighted by Crippen LogP contribution is -2.16. The van der Waals surface area contributed by atoms with Crippen molar-refractivity contribution in [1.29, 1.82) is 0 Å². The number of nitrogens with one attached hydrogen (secondary N) is 1. The number of aromatic nitrogens is 4. The highest BCUT2D eigenvalue weighted by molar-refractivity contribution is 5.83. The summed E-state index contributed by atoms with van der Waals surface area (Å²) in [4.78, 5) is 2.97. The highest BCUT2D eigenvalue weighted by Gasteiger charge is 2.33. The molecule has 0 unspecified atom stereocenters. The van der Waals surface area contributed by atoms with Crippen LogP contribution < -0.4 is 0 Å². The topological polar surface area (TPSA) is 46.5 Å². The molecule has 3 rings (SSSR count). The lowest BCUT2D eigenvalue weighted by atomic mass is 10.1. The third-order valence-corrected chi connectivity index (χ3v) is 2.63. The van der Waals surface area contributed by atoms with E-state index in [1.54, 1.807) is 30.5 Å². The Hall–Kier alpha value is -2.31. The van der Waals surface area contributed by atoms with Crippen molar-refractivity contribution in [3.05, 3.63) is 36.8 Å². The Morgan fingerprint density at radius 1 is 1.17 bits per heavy atom. The molecular formula is C11H7F3N4. The maximum atomic E-state index is 12.7. The summed E-state index contributed by atoms with van der Waals surface area (Å²) in [5.74, 6) is -0.217. The zero-order chi connectivity index (χ0) is 12.8. The molecule has 0 amide bonds. The molecule has 0 saturated carbocycles. The summed E-state index contributed by atoms with van der Waals surface area (Å²) in [5.41, 5.74) is 1.23. The molecule has 0 saturated heterocycles. The quantitative estimate of drug-likeness (QED) is 0.723. The number of halogens is 3. The van der Waals surface area contributed by atoms with Gasteiger partial charge in [-0.3, -0.25) is 0 Å². The first-order valence-corrected chi connectivity index (χ1v) is 5.10. The van der Waals surface area contributed by atoms with Crippen molar-refractivity contribution in [2.75, 3.05) is 0 Å². The lowest BCUT2D eigenvalue weighted by Gasteiger charge is -2.09. The van der Waals surface area contributed by atoms with Gasteiger partial charge in [-0.15, -0.1) is 23.4 Å². The molecule has 0 atom stereocenters. The van der Waals surface area contributed by atoms with E-state index in [0.29, 0.717) is 11.9 Å². The van der Waals surface area contributed by atoms with Gasteiger partial charge in [-0.25, -0.2) is 4.57 Å². The molecule has 4 nitrogen and oxygen atoms in total. The summed E-state index contributed by atoms with van der Waals surface area (Å²) in [5, 5.41) is 7.67. The largest absolute Gasteiger partial charge is 0.491 e. The van der Waals surface area contributed by atoms with Gasteiger partial charge in [0.15, 0.2) is 5.82 Å². The Bertz CT molecular complexity index is 695. The smallest absolute Gasteiger partial charge is 0.361 e. The van der Waals surface area contributed by atoms with Crippen molar-refractivity contribution in [3.8, 4) is 11.4 Å². The van der Waals surface area contributed by atoms with Crippen LogP contribution in [-0.2, 0) is 6.30 Å². The van der Waals surface area contributed by atoms with Gasteiger partial charge >= 0.3 is 6.30 Å². The van der Waals surface area contributed by atoms with Gasteiger partial charge in [0, 0.05) is 22.7 Å². The fraction of sp³-hybridized carbons (Fsp3) is 0.0909. The second-order valence-electron chi connectivity index (χ2n) is 3.77. The number of rotatable bonds is 1. The summed E-state index contributed by atoms with van der Waals surface area (Å²) < 4.78 is 38.2. The summed E-state index contributed by atoms with van der Waals surface area (Å²) in [6.07, 6.45) is -2.13. The van der Waals surface area contributed by atoms with Crippen LogP contribution in [0.25, 0.3) is 22.3 Å². The molecule has 2 aromatic heterocycles. The van der Waals surface area contributed by atoms with E-state index in [2.05, 4.69) is 15.2 Å². The van der Waals surface area contributed by atoms with E-state index in [1.807, 2.05) is 0 Å². The average molecular weight is 252 g/mol. The fourth-order valence-corrected chi connectivity index (χ4v) is 1.81. The third-order valence-electron chi connectivity index (χ3n) is 2.63. The van der Waals surface area contributed by atoms with Crippen LogP contribution in [0, 0.1) is 0 Å². The van der Waals surface area contributed by atoms with E-state index in [9.17, 15) is 13.2 Å². The number of hydrogen-bond acceptors (Lipinski definition) is 2. The summed E-state index contributed by atoms with van der Waals surface area (Å²) in [6.45, 7) is 0. The van der Waals surface area contributed by atoms with E-state index < -0.39 is 6.30 Å². The highest BCUT2D eigenvalue weighted by Crippen LogP contribution is 2.29. The monoisotopic (exact) mass is 252 g/mol. The zero-order valence-corrected chi connectivity index (χ0v) is 8.94. The molecule has 18 heavy (non-hydrogen) atoms. The molecule has 2 heterocycles. The van der Waals surface area contributed by atoms with Crippen LogP contribution in [0.15, 0.2) is 36.8 Å². The van der Waals surface area contributed by atoms with Gasteiger partial charge in [-0.1, -0.05) is 0 Å². The van der Waals surface area contributed by atoms with E-state index in [4.69, 9.17) is 0 Å². The standard InChI is InChI=1S/C11H7F3N4/c12-11(13,14)18-6-16-17-10(18)8-1-2-9-7(5-8)3-4-15-9/h1-6,15H.